The summed E-state index contributed by atoms with van der Waals surface area (Å²) in [6, 6.07) is 18.2. The summed E-state index contributed by atoms with van der Waals surface area (Å²) in [4.78, 5) is 56.3. The normalized spacial score (nSPS) is 19.1. The van der Waals surface area contributed by atoms with Gasteiger partial charge in [-0.25, -0.2) is 9.80 Å². The monoisotopic (exact) mass is 647 g/mol. The number of rotatable bonds is 10. The molecule has 2 aliphatic rings. The second-order valence-electron chi connectivity index (χ2n) is 14.9. The maximum Gasteiger partial charge on any atom is 0.408 e. The molecule has 11 heteroatoms. The molecular formula is C36H49N5O6. The van der Waals surface area contributed by atoms with Crippen molar-refractivity contribution in [3.05, 3.63) is 71.8 Å². The summed E-state index contributed by atoms with van der Waals surface area (Å²) in [5.74, 6) is -1.11. The minimum atomic E-state index is -1.41. The van der Waals surface area contributed by atoms with Crippen LogP contribution in [0.4, 0.5) is 4.79 Å². The highest BCUT2D eigenvalue weighted by Gasteiger charge is 2.56. The van der Waals surface area contributed by atoms with Crippen LogP contribution in [-0.2, 0) is 36.9 Å². The van der Waals surface area contributed by atoms with Gasteiger partial charge in [-0.2, -0.15) is 5.10 Å². The molecule has 0 aliphatic carbocycles. The molecule has 2 N–H and O–H groups in total. The van der Waals surface area contributed by atoms with Crippen LogP contribution in [0.3, 0.4) is 0 Å². The smallest absolute Gasteiger partial charge is 0.408 e. The molecule has 47 heavy (non-hydrogen) atoms. The van der Waals surface area contributed by atoms with Gasteiger partial charge in [0.1, 0.15) is 22.6 Å². The molecule has 2 aliphatic heterocycles. The van der Waals surface area contributed by atoms with E-state index in [1.165, 1.54) is 13.8 Å². The van der Waals surface area contributed by atoms with Gasteiger partial charge in [0, 0.05) is 19.5 Å². The van der Waals surface area contributed by atoms with Gasteiger partial charge in [0.15, 0.2) is 0 Å². The third-order valence-corrected chi connectivity index (χ3v) is 8.13. The van der Waals surface area contributed by atoms with Crippen molar-refractivity contribution in [3.8, 4) is 0 Å². The third-order valence-electron chi connectivity index (χ3n) is 8.13. The maximum absolute atomic E-state index is 14.3. The molecule has 2 heterocycles. The number of fused-ring (bicyclic) bond motifs is 1. The van der Waals surface area contributed by atoms with Crippen LogP contribution in [0.1, 0.15) is 72.9 Å². The third kappa shape index (κ3) is 8.77. The lowest BCUT2D eigenvalue weighted by Crippen LogP contribution is -2.63. The molecule has 2 aromatic carbocycles. The van der Waals surface area contributed by atoms with Crippen LogP contribution in [0.15, 0.2) is 65.8 Å². The molecule has 4 amide bonds. The number of piperidine rings is 1. The largest absolute Gasteiger partial charge is 0.444 e. The Balaban J connectivity index is 1.59. The minimum Gasteiger partial charge on any atom is -0.444 e. The van der Waals surface area contributed by atoms with E-state index in [4.69, 9.17) is 14.6 Å². The van der Waals surface area contributed by atoms with Crippen molar-refractivity contribution in [1.82, 2.24) is 20.5 Å². The number of nitrogens with one attached hydrogen (secondary N) is 2. The van der Waals surface area contributed by atoms with E-state index in [0.29, 0.717) is 19.4 Å². The number of benzene rings is 2. The molecule has 11 nitrogen and oxygen atoms in total. The lowest BCUT2D eigenvalue weighted by molar-refractivity contribution is -0.146. The summed E-state index contributed by atoms with van der Waals surface area (Å²) in [5, 5.41) is 11.8. The zero-order valence-electron chi connectivity index (χ0n) is 28.9. The predicted molar refractivity (Wildman–Crippen MR) is 179 cm³/mol. The fourth-order valence-corrected chi connectivity index (χ4v) is 5.72. The van der Waals surface area contributed by atoms with Gasteiger partial charge >= 0.3 is 6.09 Å². The summed E-state index contributed by atoms with van der Waals surface area (Å²) in [6.07, 6.45) is 0.0411. The minimum absolute atomic E-state index is 0.107. The summed E-state index contributed by atoms with van der Waals surface area (Å²) < 4.78 is 11.3. The Hall–Kier alpha value is -4.25. The number of ether oxygens (including phenoxy) is 2. The van der Waals surface area contributed by atoms with Crippen LogP contribution in [0.2, 0.25) is 0 Å². The number of alkyl carbamates (subject to hydrolysis) is 1. The van der Waals surface area contributed by atoms with Gasteiger partial charge in [-0.15, -0.1) is 0 Å². The van der Waals surface area contributed by atoms with Gasteiger partial charge in [0.05, 0.1) is 24.5 Å². The van der Waals surface area contributed by atoms with E-state index < -0.39 is 40.1 Å². The molecule has 0 saturated carbocycles. The van der Waals surface area contributed by atoms with Crippen LogP contribution in [-0.4, -0.2) is 81.9 Å². The fraction of sp³-hybridized carbons (Fsp3) is 0.528. The summed E-state index contributed by atoms with van der Waals surface area (Å²) in [5.41, 5.74) is -1.12. The van der Waals surface area contributed by atoms with Crippen molar-refractivity contribution in [2.24, 2.45) is 10.5 Å². The Morgan fingerprint density at radius 3 is 2.09 bits per heavy atom. The van der Waals surface area contributed by atoms with Crippen LogP contribution in [0.25, 0.3) is 0 Å². The molecule has 0 aromatic heterocycles. The standard InChI is InChI=1S/C36H49N5O6/c1-33(2,3)41-31(44)36(21-25-15-11-9-12-16-25)24-40(20-19-28(36)39-41)29(42)27(23-46-22-26-17-13-10-14-18-26)37-30(43)35(7,8)38-32(45)47-34(4,5)6/h9-18,27H,19-24H2,1-8H3,(H,37,43)(H,38,45). The van der Waals surface area contributed by atoms with E-state index in [2.05, 4.69) is 10.6 Å². The first-order valence-corrected chi connectivity index (χ1v) is 16.1. The predicted octanol–water partition coefficient (Wildman–Crippen LogP) is 4.45. The van der Waals surface area contributed by atoms with E-state index in [1.54, 1.807) is 30.7 Å². The lowest BCUT2D eigenvalue weighted by atomic mass is 9.73. The lowest BCUT2D eigenvalue weighted by Gasteiger charge is -2.41. The molecule has 0 radical (unpaired) electrons. The van der Waals surface area contributed by atoms with Crippen molar-refractivity contribution in [2.45, 2.75) is 97.6 Å². The number of carbonyl (C=O) groups excluding carboxylic acids is 4. The fourth-order valence-electron chi connectivity index (χ4n) is 5.72. The molecule has 4 rings (SSSR count). The second kappa shape index (κ2) is 13.9. The molecule has 254 valence electrons. The number of hydrazone groups is 1. The zero-order valence-corrected chi connectivity index (χ0v) is 28.9. The number of nitrogens with zero attached hydrogens (tertiary/aromatic N) is 3. The van der Waals surface area contributed by atoms with E-state index in [0.717, 1.165) is 16.8 Å². The first-order chi connectivity index (χ1) is 21.9. The Kier molecular flexibility index (Phi) is 10.5. The second-order valence-corrected chi connectivity index (χ2v) is 14.9. The van der Waals surface area contributed by atoms with E-state index in [9.17, 15) is 19.2 Å². The van der Waals surface area contributed by atoms with Crippen LogP contribution < -0.4 is 10.6 Å². The number of amides is 4. The number of hydrogen-bond acceptors (Lipinski definition) is 7. The van der Waals surface area contributed by atoms with Crippen molar-refractivity contribution in [1.29, 1.82) is 0 Å². The molecule has 2 aromatic rings. The zero-order chi connectivity index (χ0) is 34.6. The average molecular weight is 648 g/mol. The van der Waals surface area contributed by atoms with E-state index in [1.807, 2.05) is 81.4 Å². The van der Waals surface area contributed by atoms with Crippen LogP contribution >= 0.6 is 0 Å². The van der Waals surface area contributed by atoms with Gasteiger partial charge < -0.3 is 25.0 Å². The van der Waals surface area contributed by atoms with Gasteiger partial charge in [-0.3, -0.25) is 14.4 Å². The van der Waals surface area contributed by atoms with Crippen LogP contribution in [0, 0.1) is 5.41 Å². The summed E-state index contributed by atoms with van der Waals surface area (Å²) >= 11 is 0. The van der Waals surface area contributed by atoms with Gasteiger partial charge in [0.2, 0.25) is 11.8 Å². The molecule has 2 unspecified atom stereocenters. The number of likely N-dealkylation sites (tertiary alicyclic amines) is 1. The Morgan fingerprint density at radius 2 is 1.51 bits per heavy atom. The number of hydrogen-bond donors (Lipinski definition) is 2. The molecule has 0 bridgehead atoms. The quantitative estimate of drug-likeness (QED) is 0.392. The SMILES string of the molecule is CC(C)(C)OC(=O)NC(C)(C)C(=O)NC(COCc1ccccc1)C(=O)N1CCC2=NN(C(C)(C)C)C(=O)C2(Cc2ccccc2)C1. The molecular weight excluding hydrogens is 598 g/mol. The van der Waals surface area contributed by atoms with Crippen molar-refractivity contribution >= 4 is 29.5 Å². The first-order valence-electron chi connectivity index (χ1n) is 16.1. The summed E-state index contributed by atoms with van der Waals surface area (Å²) in [7, 11) is 0. The summed E-state index contributed by atoms with van der Waals surface area (Å²) in [6.45, 7) is 14.6. The highest BCUT2D eigenvalue weighted by molar-refractivity contribution is 6.14. The van der Waals surface area contributed by atoms with Gasteiger partial charge in [-0.1, -0.05) is 60.7 Å². The van der Waals surface area contributed by atoms with Crippen LogP contribution in [0.5, 0.6) is 0 Å². The Labute approximate surface area is 278 Å². The highest BCUT2D eigenvalue weighted by Crippen LogP contribution is 2.41. The Bertz CT molecular complexity index is 1480. The van der Waals surface area contributed by atoms with Gasteiger partial charge in [-0.05, 0) is 72.9 Å². The van der Waals surface area contributed by atoms with Crippen molar-refractivity contribution in [2.75, 3.05) is 19.7 Å². The molecule has 0 spiro atoms. The van der Waals surface area contributed by atoms with E-state index >= 15 is 0 Å². The molecule has 2 atom stereocenters. The van der Waals surface area contributed by atoms with Crippen molar-refractivity contribution < 1.29 is 28.7 Å². The van der Waals surface area contributed by atoms with E-state index in [-0.39, 0.29) is 31.6 Å². The van der Waals surface area contributed by atoms with Gasteiger partial charge in [0.25, 0.3) is 5.91 Å². The maximum atomic E-state index is 14.3. The number of carbonyl (C=O) groups is 4. The average Bonchev–Trinajstić information content (AvgIpc) is 3.27. The topological polar surface area (TPSA) is 130 Å². The van der Waals surface area contributed by atoms with Crippen molar-refractivity contribution in [3.63, 3.8) is 0 Å². The highest BCUT2D eigenvalue weighted by atomic mass is 16.6. The Morgan fingerprint density at radius 1 is 0.915 bits per heavy atom. The molecule has 1 saturated heterocycles. The first kappa shape index (κ1) is 35.6. The molecule has 1 fully saturated rings.